The Hall–Kier alpha value is -3.52. The second-order valence-corrected chi connectivity index (χ2v) is 5.26. The molecule has 0 aliphatic rings. The van der Waals surface area contributed by atoms with Crippen molar-refractivity contribution in [2.24, 2.45) is 0 Å². The highest BCUT2D eigenvalue weighted by Crippen LogP contribution is 2.22. The summed E-state index contributed by atoms with van der Waals surface area (Å²) in [4.78, 5) is 4.19. The van der Waals surface area contributed by atoms with E-state index in [1.807, 2.05) is 66.7 Å². The third kappa shape index (κ3) is 4.06. The van der Waals surface area contributed by atoms with Crippen molar-refractivity contribution in [3.05, 3.63) is 77.3 Å². The number of ether oxygens (including phenoxy) is 1. The van der Waals surface area contributed by atoms with Crippen LogP contribution in [0.25, 0.3) is 12.2 Å². The third-order valence-electron chi connectivity index (χ3n) is 3.59. The van der Waals surface area contributed by atoms with Crippen LogP contribution < -0.4 is 10.1 Å². The number of nitrogens with one attached hydrogen (secondary N) is 1. The highest BCUT2D eigenvalue weighted by Gasteiger charge is 2.11. The molecule has 0 atom stereocenters. The second-order valence-electron chi connectivity index (χ2n) is 5.26. The highest BCUT2D eigenvalue weighted by molar-refractivity contribution is 5.70. The van der Waals surface area contributed by atoms with Crippen LogP contribution >= 0.6 is 0 Å². The van der Waals surface area contributed by atoms with E-state index in [4.69, 9.17) is 9.15 Å². The summed E-state index contributed by atoms with van der Waals surface area (Å²) in [5, 5.41) is 12.4. The van der Waals surface area contributed by atoms with E-state index in [1.54, 1.807) is 13.2 Å². The molecule has 1 aromatic heterocycles. The number of hydrogen-bond donors (Lipinski definition) is 1. The number of methoxy groups -OCH3 is 1. The number of benzene rings is 2. The summed E-state index contributed by atoms with van der Waals surface area (Å²) in [5.74, 6) is 1.48. The first-order valence-corrected chi connectivity index (χ1v) is 7.80. The van der Waals surface area contributed by atoms with E-state index < -0.39 is 0 Å². The van der Waals surface area contributed by atoms with Crippen molar-refractivity contribution in [2.75, 3.05) is 12.4 Å². The molecule has 124 valence electrons. The van der Waals surface area contributed by atoms with E-state index in [0.29, 0.717) is 18.3 Å². The lowest BCUT2D eigenvalue weighted by atomic mass is 10.2. The molecule has 3 aromatic rings. The fraction of sp³-hybridized carbons (Fsp3) is 0.100. The molecule has 25 heavy (non-hydrogen) atoms. The van der Waals surface area contributed by atoms with Crippen molar-refractivity contribution in [3.63, 3.8) is 0 Å². The molecule has 0 aliphatic heterocycles. The van der Waals surface area contributed by atoms with Crippen LogP contribution in [0.3, 0.4) is 0 Å². The van der Waals surface area contributed by atoms with Gasteiger partial charge in [-0.2, -0.15) is 10.2 Å². The van der Waals surface area contributed by atoms with Crippen LogP contribution in [0.2, 0.25) is 0 Å². The van der Waals surface area contributed by atoms with E-state index in [9.17, 15) is 5.26 Å². The van der Waals surface area contributed by atoms with Gasteiger partial charge in [-0.05, 0) is 17.7 Å². The summed E-state index contributed by atoms with van der Waals surface area (Å²) in [6.07, 6.45) is 3.55. The predicted molar refractivity (Wildman–Crippen MR) is 96.9 cm³/mol. The van der Waals surface area contributed by atoms with Gasteiger partial charge in [-0.1, -0.05) is 48.5 Å². The van der Waals surface area contributed by atoms with Gasteiger partial charge in [-0.15, -0.1) is 0 Å². The average Bonchev–Trinajstić information content (AvgIpc) is 3.08. The molecular formula is C20H17N3O2. The minimum atomic E-state index is 0.232. The lowest BCUT2D eigenvalue weighted by Crippen LogP contribution is -1.99. The molecule has 2 aromatic carbocycles. The number of hydrogen-bond acceptors (Lipinski definition) is 5. The zero-order chi connectivity index (χ0) is 17.5. The normalized spacial score (nSPS) is 10.6. The van der Waals surface area contributed by atoms with Gasteiger partial charge in [-0.3, -0.25) is 0 Å². The minimum absolute atomic E-state index is 0.232. The molecule has 0 bridgehead atoms. The maximum absolute atomic E-state index is 9.24. The quantitative estimate of drug-likeness (QED) is 0.727. The van der Waals surface area contributed by atoms with Crippen LogP contribution in [0.15, 0.2) is 59.0 Å². The number of nitriles is 1. The molecule has 0 aliphatic carbocycles. The summed E-state index contributed by atoms with van der Waals surface area (Å²) >= 11 is 0. The van der Waals surface area contributed by atoms with Crippen LogP contribution in [-0.4, -0.2) is 12.1 Å². The van der Waals surface area contributed by atoms with Gasteiger partial charge >= 0.3 is 0 Å². The number of nitrogens with zero attached hydrogens (tertiary/aromatic N) is 2. The van der Waals surface area contributed by atoms with Gasteiger partial charge in [0.1, 0.15) is 11.8 Å². The molecule has 5 heteroatoms. The lowest BCUT2D eigenvalue weighted by Gasteiger charge is -2.03. The maximum atomic E-state index is 9.24. The van der Waals surface area contributed by atoms with Gasteiger partial charge in [-0.25, -0.2) is 0 Å². The van der Waals surface area contributed by atoms with Crippen LogP contribution in [0, 0.1) is 11.3 Å². The molecule has 0 saturated heterocycles. The number of para-hydroxylation sites is 1. The fourth-order valence-corrected chi connectivity index (χ4v) is 2.35. The molecular weight excluding hydrogens is 314 g/mol. The fourth-order valence-electron chi connectivity index (χ4n) is 2.35. The van der Waals surface area contributed by atoms with Crippen LogP contribution in [-0.2, 0) is 6.54 Å². The largest absolute Gasteiger partial charge is 0.496 e. The maximum Gasteiger partial charge on any atom is 0.232 e. The molecule has 0 unspecified atom stereocenters. The molecule has 0 spiro atoms. The Labute approximate surface area is 146 Å². The van der Waals surface area contributed by atoms with Gasteiger partial charge in [0.05, 0.1) is 7.11 Å². The van der Waals surface area contributed by atoms with E-state index in [-0.39, 0.29) is 5.69 Å². The summed E-state index contributed by atoms with van der Waals surface area (Å²) in [7, 11) is 1.62. The Balaban J connectivity index is 1.76. The standard InChI is InChI=1S/C20H17N3O2/c1-24-18-10-6-5-9-16(18)11-12-19-23-17(13-21)20(25-19)22-14-15-7-3-2-4-8-15/h2-12,22H,14H2,1H3/b12-11+. The highest BCUT2D eigenvalue weighted by atomic mass is 16.5. The average molecular weight is 331 g/mol. The van der Waals surface area contributed by atoms with Crippen molar-refractivity contribution < 1.29 is 9.15 Å². The van der Waals surface area contributed by atoms with Crippen LogP contribution in [0.1, 0.15) is 22.7 Å². The first-order chi connectivity index (χ1) is 12.3. The molecule has 0 saturated carbocycles. The number of rotatable bonds is 6. The Morgan fingerprint density at radius 2 is 1.88 bits per heavy atom. The van der Waals surface area contributed by atoms with Crippen LogP contribution in [0.4, 0.5) is 5.88 Å². The van der Waals surface area contributed by atoms with Crippen molar-refractivity contribution in [1.29, 1.82) is 5.26 Å². The Bertz CT molecular complexity index is 908. The Kier molecular flexibility index (Phi) is 5.13. The molecule has 1 N–H and O–H groups in total. The number of anilines is 1. The summed E-state index contributed by atoms with van der Waals surface area (Å²) < 4.78 is 11.0. The molecule has 1 heterocycles. The van der Waals surface area contributed by atoms with Gasteiger partial charge in [0.25, 0.3) is 0 Å². The van der Waals surface area contributed by atoms with Crippen molar-refractivity contribution in [2.45, 2.75) is 6.54 Å². The lowest BCUT2D eigenvalue weighted by molar-refractivity contribution is 0.414. The monoisotopic (exact) mass is 331 g/mol. The molecule has 0 amide bonds. The number of aromatic nitrogens is 1. The Morgan fingerprint density at radius 1 is 1.12 bits per heavy atom. The second kappa shape index (κ2) is 7.84. The summed E-state index contributed by atoms with van der Waals surface area (Å²) in [5.41, 5.74) is 2.23. The topological polar surface area (TPSA) is 71.1 Å². The predicted octanol–water partition coefficient (Wildman–Crippen LogP) is 4.34. The van der Waals surface area contributed by atoms with Crippen LogP contribution in [0.5, 0.6) is 5.75 Å². The van der Waals surface area contributed by atoms with Crippen molar-refractivity contribution in [3.8, 4) is 11.8 Å². The molecule has 0 radical (unpaired) electrons. The molecule has 5 nitrogen and oxygen atoms in total. The molecule has 3 rings (SSSR count). The van der Waals surface area contributed by atoms with E-state index >= 15 is 0 Å². The van der Waals surface area contributed by atoms with E-state index in [0.717, 1.165) is 16.9 Å². The summed E-state index contributed by atoms with van der Waals surface area (Å²) in [6.45, 7) is 0.556. The van der Waals surface area contributed by atoms with Gasteiger partial charge < -0.3 is 14.5 Å². The third-order valence-corrected chi connectivity index (χ3v) is 3.59. The van der Waals surface area contributed by atoms with Gasteiger partial charge in [0, 0.05) is 18.2 Å². The Morgan fingerprint density at radius 3 is 2.64 bits per heavy atom. The minimum Gasteiger partial charge on any atom is -0.496 e. The molecule has 0 fully saturated rings. The first-order valence-electron chi connectivity index (χ1n) is 7.80. The van der Waals surface area contributed by atoms with E-state index in [1.165, 1.54) is 0 Å². The smallest absolute Gasteiger partial charge is 0.232 e. The zero-order valence-electron chi connectivity index (χ0n) is 13.8. The zero-order valence-corrected chi connectivity index (χ0v) is 13.8. The van der Waals surface area contributed by atoms with Crippen molar-refractivity contribution >= 4 is 18.0 Å². The first kappa shape index (κ1) is 16.3. The van der Waals surface area contributed by atoms with Gasteiger partial charge in [0.15, 0.2) is 0 Å². The number of oxazole rings is 1. The van der Waals surface area contributed by atoms with Crippen molar-refractivity contribution in [1.82, 2.24) is 4.98 Å². The SMILES string of the molecule is COc1ccccc1/C=C/c1nc(C#N)c(NCc2ccccc2)o1. The van der Waals surface area contributed by atoms with E-state index in [2.05, 4.69) is 10.3 Å². The van der Waals surface area contributed by atoms with Gasteiger partial charge in [0.2, 0.25) is 17.5 Å². The summed E-state index contributed by atoms with van der Waals surface area (Å²) in [6, 6.07) is 19.6.